The number of carbonyl (C=O) groups is 2. The number of anilines is 1. The smallest absolute Gasteiger partial charge is 0.321 e. The lowest BCUT2D eigenvalue weighted by Crippen LogP contribution is -2.54. The number of aryl methyl sites for hydroxylation is 1. The second-order valence-electron chi connectivity index (χ2n) is 5.30. The molecule has 1 aromatic rings. The third-order valence-corrected chi connectivity index (χ3v) is 3.78. The molecule has 1 saturated heterocycles. The molecule has 5 nitrogen and oxygen atoms in total. The number of amides is 2. The molecule has 7 heteroatoms. The van der Waals surface area contributed by atoms with Gasteiger partial charge in [-0.1, -0.05) is 6.92 Å². The number of carboxylic acid groups (broad SMARTS) is 1. The molecule has 1 atom stereocenters. The van der Waals surface area contributed by atoms with E-state index >= 15 is 0 Å². The highest BCUT2D eigenvalue weighted by atomic mass is 19.1. The van der Waals surface area contributed by atoms with E-state index in [1.165, 1.54) is 11.8 Å². The molecule has 21 heavy (non-hydrogen) atoms. The monoisotopic (exact) mass is 298 g/mol. The second kappa shape index (κ2) is 5.67. The highest BCUT2D eigenvalue weighted by molar-refractivity contribution is 5.90. The van der Waals surface area contributed by atoms with Crippen LogP contribution >= 0.6 is 0 Å². The molecule has 0 saturated carbocycles. The van der Waals surface area contributed by atoms with E-state index in [1.807, 2.05) is 0 Å². The molecule has 0 radical (unpaired) electrons. The summed E-state index contributed by atoms with van der Waals surface area (Å²) in [4.78, 5) is 24.0. The summed E-state index contributed by atoms with van der Waals surface area (Å²) in [7, 11) is 0. The number of rotatable bonds is 3. The van der Waals surface area contributed by atoms with Gasteiger partial charge < -0.3 is 15.3 Å². The molecule has 1 aliphatic heterocycles. The fraction of sp³-hybridized carbons (Fsp3) is 0.429. The van der Waals surface area contributed by atoms with Crippen molar-refractivity contribution in [2.75, 3.05) is 18.4 Å². The van der Waals surface area contributed by atoms with E-state index < -0.39 is 29.6 Å². The molecule has 1 aromatic carbocycles. The van der Waals surface area contributed by atoms with Crippen molar-refractivity contribution in [3.63, 3.8) is 0 Å². The third-order valence-electron chi connectivity index (χ3n) is 3.78. The minimum absolute atomic E-state index is 0.118. The molecule has 0 bridgehead atoms. The Kier molecular flexibility index (Phi) is 4.11. The van der Waals surface area contributed by atoms with Gasteiger partial charge in [-0.2, -0.15) is 0 Å². The number of carbonyl (C=O) groups excluding carboxylic acids is 1. The summed E-state index contributed by atoms with van der Waals surface area (Å²) in [6.07, 6.45) is 0. The first kappa shape index (κ1) is 15.2. The Bertz CT molecular complexity index is 586. The summed E-state index contributed by atoms with van der Waals surface area (Å²) < 4.78 is 27.0. The zero-order valence-electron chi connectivity index (χ0n) is 11.7. The van der Waals surface area contributed by atoms with Crippen LogP contribution in [-0.2, 0) is 4.79 Å². The van der Waals surface area contributed by atoms with Crippen molar-refractivity contribution < 1.29 is 23.5 Å². The molecule has 2 amide bonds. The Balaban J connectivity index is 1.95. The van der Waals surface area contributed by atoms with Gasteiger partial charge in [-0.25, -0.2) is 13.6 Å². The number of aliphatic carboxylic acids is 1. The zero-order chi connectivity index (χ0) is 15.7. The van der Waals surface area contributed by atoms with E-state index in [2.05, 4.69) is 5.32 Å². The number of likely N-dealkylation sites (tertiary alicyclic amines) is 1. The maximum absolute atomic E-state index is 13.6. The van der Waals surface area contributed by atoms with E-state index in [-0.39, 0.29) is 30.3 Å². The quantitative estimate of drug-likeness (QED) is 0.900. The standard InChI is InChI=1S/C14H16F2N2O3/c1-7-3-11(16)12(4-10(7)15)17-14(21)18-5-9(6-18)8(2)13(19)20/h3-4,8-9H,5-6H2,1-2H3,(H,17,21)(H,19,20). The first-order chi connectivity index (χ1) is 9.79. The fourth-order valence-electron chi connectivity index (χ4n) is 2.13. The fourth-order valence-corrected chi connectivity index (χ4v) is 2.13. The summed E-state index contributed by atoms with van der Waals surface area (Å²) in [6.45, 7) is 3.58. The lowest BCUT2D eigenvalue weighted by molar-refractivity contribution is -0.144. The summed E-state index contributed by atoms with van der Waals surface area (Å²) >= 11 is 0. The Hall–Kier alpha value is -2.18. The molecule has 0 spiro atoms. The highest BCUT2D eigenvalue weighted by Crippen LogP contribution is 2.25. The Morgan fingerprint density at radius 1 is 1.33 bits per heavy atom. The van der Waals surface area contributed by atoms with Gasteiger partial charge in [0.2, 0.25) is 0 Å². The lowest BCUT2D eigenvalue weighted by Gasteiger charge is -2.41. The maximum atomic E-state index is 13.6. The third kappa shape index (κ3) is 3.12. The van der Waals surface area contributed by atoms with Gasteiger partial charge in [-0.15, -0.1) is 0 Å². The summed E-state index contributed by atoms with van der Waals surface area (Å²) in [5.41, 5.74) is -0.0670. The number of carboxylic acids is 1. The first-order valence-corrected chi connectivity index (χ1v) is 6.54. The van der Waals surface area contributed by atoms with Gasteiger partial charge in [0.15, 0.2) is 0 Å². The predicted molar refractivity (Wildman–Crippen MR) is 72.0 cm³/mol. The molecule has 2 N–H and O–H groups in total. The van der Waals surface area contributed by atoms with Crippen LogP contribution in [0.15, 0.2) is 12.1 Å². The van der Waals surface area contributed by atoms with Gasteiger partial charge in [0.05, 0.1) is 11.6 Å². The van der Waals surface area contributed by atoms with Crippen LogP contribution in [0.25, 0.3) is 0 Å². The van der Waals surface area contributed by atoms with Gasteiger partial charge in [0.25, 0.3) is 0 Å². The van der Waals surface area contributed by atoms with E-state index in [0.717, 1.165) is 12.1 Å². The number of urea groups is 1. The van der Waals surface area contributed by atoms with Crippen LogP contribution < -0.4 is 5.32 Å². The number of hydrogen-bond acceptors (Lipinski definition) is 2. The Morgan fingerprint density at radius 2 is 1.95 bits per heavy atom. The van der Waals surface area contributed by atoms with Crippen LogP contribution in [0.1, 0.15) is 12.5 Å². The largest absolute Gasteiger partial charge is 0.481 e. The molecular formula is C14H16F2N2O3. The SMILES string of the molecule is Cc1cc(F)c(NC(=O)N2CC(C(C)C(=O)O)C2)cc1F. The summed E-state index contributed by atoms with van der Waals surface area (Å²) in [5, 5.41) is 11.2. The minimum Gasteiger partial charge on any atom is -0.481 e. The van der Waals surface area contributed by atoms with Gasteiger partial charge in [0.1, 0.15) is 11.6 Å². The van der Waals surface area contributed by atoms with Crippen molar-refractivity contribution in [3.05, 3.63) is 29.3 Å². The van der Waals surface area contributed by atoms with Crippen LogP contribution in [0.5, 0.6) is 0 Å². The van der Waals surface area contributed by atoms with E-state index in [4.69, 9.17) is 5.11 Å². The Labute approximate surface area is 120 Å². The number of hydrogen-bond donors (Lipinski definition) is 2. The van der Waals surface area contributed by atoms with Crippen molar-refractivity contribution >= 4 is 17.7 Å². The van der Waals surface area contributed by atoms with Crippen LogP contribution in [-0.4, -0.2) is 35.1 Å². The minimum atomic E-state index is -0.910. The molecule has 1 fully saturated rings. The van der Waals surface area contributed by atoms with Crippen LogP contribution in [0, 0.1) is 30.4 Å². The lowest BCUT2D eigenvalue weighted by atomic mass is 9.87. The average molecular weight is 298 g/mol. The van der Waals surface area contributed by atoms with Gasteiger partial charge in [-0.05, 0) is 18.6 Å². The molecule has 0 aliphatic carbocycles. The number of nitrogens with one attached hydrogen (secondary N) is 1. The molecule has 1 heterocycles. The van der Waals surface area contributed by atoms with Gasteiger partial charge >= 0.3 is 12.0 Å². The predicted octanol–water partition coefficient (Wildman–Crippen LogP) is 2.46. The van der Waals surface area contributed by atoms with Crippen molar-refractivity contribution in [2.45, 2.75) is 13.8 Å². The van der Waals surface area contributed by atoms with E-state index in [0.29, 0.717) is 0 Å². The average Bonchev–Trinajstić information content (AvgIpc) is 2.33. The van der Waals surface area contributed by atoms with Crippen molar-refractivity contribution in [3.8, 4) is 0 Å². The molecule has 2 rings (SSSR count). The first-order valence-electron chi connectivity index (χ1n) is 6.54. The molecule has 0 aromatic heterocycles. The van der Waals surface area contributed by atoms with Crippen molar-refractivity contribution in [1.29, 1.82) is 0 Å². The summed E-state index contributed by atoms with van der Waals surface area (Å²) in [6, 6.07) is 1.38. The summed E-state index contributed by atoms with van der Waals surface area (Å²) in [5.74, 6) is -2.88. The normalized spacial score (nSPS) is 16.3. The number of halogens is 2. The molecule has 114 valence electrons. The highest BCUT2D eigenvalue weighted by Gasteiger charge is 2.37. The molecule has 1 aliphatic rings. The second-order valence-corrected chi connectivity index (χ2v) is 5.30. The topological polar surface area (TPSA) is 69.6 Å². The zero-order valence-corrected chi connectivity index (χ0v) is 11.7. The van der Waals surface area contributed by atoms with Crippen LogP contribution in [0.3, 0.4) is 0 Å². The van der Waals surface area contributed by atoms with Crippen LogP contribution in [0.2, 0.25) is 0 Å². The van der Waals surface area contributed by atoms with E-state index in [9.17, 15) is 18.4 Å². The van der Waals surface area contributed by atoms with E-state index in [1.54, 1.807) is 6.92 Å². The van der Waals surface area contributed by atoms with Gasteiger partial charge in [0, 0.05) is 25.1 Å². The Morgan fingerprint density at radius 3 is 2.52 bits per heavy atom. The van der Waals surface area contributed by atoms with Gasteiger partial charge in [-0.3, -0.25) is 4.79 Å². The maximum Gasteiger partial charge on any atom is 0.321 e. The number of benzene rings is 1. The van der Waals surface area contributed by atoms with Crippen molar-refractivity contribution in [1.82, 2.24) is 4.90 Å². The molecule has 1 unspecified atom stereocenters. The molecular weight excluding hydrogens is 282 g/mol. The number of nitrogens with zero attached hydrogens (tertiary/aromatic N) is 1. The van der Waals surface area contributed by atoms with Crippen molar-refractivity contribution in [2.24, 2.45) is 11.8 Å². The van der Waals surface area contributed by atoms with Crippen LogP contribution in [0.4, 0.5) is 19.3 Å².